The zero-order valence-corrected chi connectivity index (χ0v) is 12.4. The molecule has 0 saturated carbocycles. The van der Waals surface area contributed by atoms with Gasteiger partial charge in [0.1, 0.15) is 11.3 Å². The number of ether oxygens (including phenoxy) is 1. The summed E-state index contributed by atoms with van der Waals surface area (Å²) < 4.78 is 4.71. The molecule has 6 heteroatoms. The van der Waals surface area contributed by atoms with E-state index in [2.05, 4.69) is 0 Å². The van der Waals surface area contributed by atoms with Crippen molar-refractivity contribution in [2.45, 2.75) is 13.8 Å². The number of rotatable bonds is 3. The van der Waals surface area contributed by atoms with Gasteiger partial charge >= 0.3 is 5.97 Å². The Hall–Kier alpha value is -2.89. The quantitative estimate of drug-likeness (QED) is 0.533. The van der Waals surface area contributed by atoms with Gasteiger partial charge in [-0.3, -0.25) is 10.1 Å². The normalized spacial score (nSPS) is 10.3. The van der Waals surface area contributed by atoms with Crippen molar-refractivity contribution in [2.24, 2.45) is 0 Å². The number of benzene rings is 2. The highest BCUT2D eigenvalue weighted by Crippen LogP contribution is 2.39. The number of carbonyl (C=O) groups is 1. The molecule has 1 N–H and O–H groups in total. The lowest BCUT2D eigenvalue weighted by atomic mass is 9.92. The number of hydrogen-bond donors (Lipinski definition) is 1. The SMILES string of the molecule is COC(=O)c1c(-c2ccccc2[N+](=O)[O-])cc(C)c(C)c1O. The zero-order chi connectivity index (χ0) is 16.4. The molecule has 0 heterocycles. The molecule has 0 amide bonds. The monoisotopic (exact) mass is 301 g/mol. The molecule has 0 aliphatic carbocycles. The summed E-state index contributed by atoms with van der Waals surface area (Å²) in [6.45, 7) is 3.43. The average Bonchev–Trinajstić information content (AvgIpc) is 2.51. The highest BCUT2D eigenvalue weighted by atomic mass is 16.6. The first-order valence-electron chi connectivity index (χ1n) is 6.53. The maximum Gasteiger partial charge on any atom is 0.342 e. The topological polar surface area (TPSA) is 89.7 Å². The van der Waals surface area contributed by atoms with Crippen LogP contribution in [0, 0.1) is 24.0 Å². The average molecular weight is 301 g/mol. The summed E-state index contributed by atoms with van der Waals surface area (Å²) >= 11 is 0. The number of nitro groups is 1. The molecule has 0 radical (unpaired) electrons. The van der Waals surface area contributed by atoms with Crippen LogP contribution in [-0.4, -0.2) is 23.1 Å². The summed E-state index contributed by atoms with van der Waals surface area (Å²) in [5.74, 6) is -0.964. The summed E-state index contributed by atoms with van der Waals surface area (Å²) in [4.78, 5) is 22.7. The third kappa shape index (κ3) is 2.50. The molecule has 0 unspecified atom stereocenters. The van der Waals surface area contributed by atoms with E-state index in [1.54, 1.807) is 32.0 Å². The fourth-order valence-electron chi connectivity index (χ4n) is 2.28. The fourth-order valence-corrected chi connectivity index (χ4v) is 2.28. The molecule has 2 rings (SSSR count). The van der Waals surface area contributed by atoms with E-state index in [0.717, 1.165) is 5.56 Å². The molecule has 2 aromatic rings. The molecule has 0 fully saturated rings. The summed E-state index contributed by atoms with van der Waals surface area (Å²) in [7, 11) is 1.19. The van der Waals surface area contributed by atoms with Crippen molar-refractivity contribution in [3.63, 3.8) is 0 Å². The van der Waals surface area contributed by atoms with Gasteiger partial charge in [0.2, 0.25) is 0 Å². The van der Waals surface area contributed by atoms with Crippen LogP contribution in [0.5, 0.6) is 5.75 Å². The van der Waals surface area contributed by atoms with E-state index >= 15 is 0 Å². The first-order chi connectivity index (χ1) is 10.4. The minimum Gasteiger partial charge on any atom is -0.507 e. The molecule has 0 saturated heterocycles. The van der Waals surface area contributed by atoms with Gasteiger partial charge in [-0.25, -0.2) is 4.79 Å². The number of aryl methyl sites for hydroxylation is 1. The number of methoxy groups -OCH3 is 1. The van der Waals surface area contributed by atoms with Crippen LogP contribution in [-0.2, 0) is 4.74 Å². The standard InChI is InChI=1S/C16H15NO5/c1-9-8-12(11-6-4-5-7-13(11)17(20)21)14(16(19)22-3)15(18)10(9)2/h4-8,18H,1-3H3. The van der Waals surface area contributed by atoms with Crippen LogP contribution in [0.25, 0.3) is 11.1 Å². The second-order valence-corrected chi connectivity index (χ2v) is 4.86. The molecule has 6 nitrogen and oxygen atoms in total. The molecule has 0 atom stereocenters. The number of nitro benzene ring substituents is 1. The third-order valence-electron chi connectivity index (χ3n) is 3.59. The lowest BCUT2D eigenvalue weighted by Crippen LogP contribution is -2.07. The Morgan fingerprint density at radius 1 is 1.23 bits per heavy atom. The molecule has 0 bridgehead atoms. The number of phenols is 1. The van der Waals surface area contributed by atoms with Crippen LogP contribution >= 0.6 is 0 Å². The van der Waals surface area contributed by atoms with Crippen molar-refractivity contribution in [1.82, 2.24) is 0 Å². The Kier molecular flexibility index (Phi) is 4.12. The molecule has 0 aromatic heterocycles. The predicted molar refractivity (Wildman–Crippen MR) is 81.0 cm³/mol. The summed E-state index contributed by atoms with van der Waals surface area (Å²) in [6.07, 6.45) is 0. The van der Waals surface area contributed by atoms with Gasteiger partial charge in [-0.1, -0.05) is 12.1 Å². The minimum absolute atomic E-state index is 0.0695. The van der Waals surface area contributed by atoms with Gasteiger partial charge in [-0.15, -0.1) is 0 Å². The van der Waals surface area contributed by atoms with Gasteiger partial charge in [0.25, 0.3) is 5.69 Å². The number of aromatic hydroxyl groups is 1. The Labute approximate surface area is 127 Å². The molecule has 0 aliphatic rings. The van der Waals surface area contributed by atoms with Crippen molar-refractivity contribution in [2.75, 3.05) is 7.11 Å². The number of carbonyl (C=O) groups excluding carboxylic acids is 1. The first kappa shape index (κ1) is 15.5. The zero-order valence-electron chi connectivity index (χ0n) is 12.4. The van der Waals surface area contributed by atoms with E-state index in [9.17, 15) is 20.0 Å². The molecule has 2 aromatic carbocycles. The smallest absolute Gasteiger partial charge is 0.342 e. The van der Waals surface area contributed by atoms with E-state index in [1.807, 2.05) is 0 Å². The van der Waals surface area contributed by atoms with Crippen LogP contribution in [0.15, 0.2) is 30.3 Å². The number of esters is 1. The first-order valence-corrected chi connectivity index (χ1v) is 6.53. The van der Waals surface area contributed by atoms with Crippen molar-refractivity contribution in [3.05, 3.63) is 57.1 Å². The minimum atomic E-state index is -0.742. The molecule has 114 valence electrons. The van der Waals surface area contributed by atoms with Gasteiger partial charge in [0.15, 0.2) is 0 Å². The van der Waals surface area contributed by atoms with Crippen LogP contribution in [0.3, 0.4) is 0 Å². The van der Waals surface area contributed by atoms with Crippen molar-refractivity contribution >= 4 is 11.7 Å². The Morgan fingerprint density at radius 2 is 1.86 bits per heavy atom. The lowest BCUT2D eigenvalue weighted by Gasteiger charge is -2.14. The van der Waals surface area contributed by atoms with E-state index in [0.29, 0.717) is 5.56 Å². The van der Waals surface area contributed by atoms with Crippen molar-refractivity contribution < 1.29 is 19.6 Å². The van der Waals surface area contributed by atoms with Gasteiger partial charge < -0.3 is 9.84 Å². The van der Waals surface area contributed by atoms with E-state index < -0.39 is 10.9 Å². The molecule has 22 heavy (non-hydrogen) atoms. The fraction of sp³-hybridized carbons (Fsp3) is 0.188. The number of phenolic OH excluding ortho intramolecular Hbond substituents is 1. The Morgan fingerprint density at radius 3 is 2.45 bits per heavy atom. The van der Waals surface area contributed by atoms with Crippen molar-refractivity contribution in [1.29, 1.82) is 0 Å². The van der Waals surface area contributed by atoms with Gasteiger partial charge in [0.05, 0.1) is 17.6 Å². The molecule has 0 spiro atoms. The van der Waals surface area contributed by atoms with Crippen molar-refractivity contribution in [3.8, 4) is 16.9 Å². The summed E-state index contributed by atoms with van der Waals surface area (Å²) in [6, 6.07) is 7.70. The Bertz CT molecular complexity index is 767. The largest absolute Gasteiger partial charge is 0.507 e. The van der Waals surface area contributed by atoms with Crippen LogP contribution in [0.1, 0.15) is 21.5 Å². The van der Waals surface area contributed by atoms with Gasteiger partial charge in [-0.2, -0.15) is 0 Å². The van der Waals surface area contributed by atoms with Crippen LogP contribution < -0.4 is 0 Å². The van der Waals surface area contributed by atoms with Crippen LogP contribution in [0.2, 0.25) is 0 Å². The summed E-state index contributed by atoms with van der Waals surface area (Å²) in [5, 5.41) is 21.5. The second-order valence-electron chi connectivity index (χ2n) is 4.86. The van der Waals surface area contributed by atoms with Gasteiger partial charge in [0, 0.05) is 11.6 Å². The van der Waals surface area contributed by atoms with E-state index in [-0.39, 0.29) is 28.1 Å². The number of nitrogens with zero attached hydrogens (tertiary/aromatic N) is 1. The molecular formula is C16H15NO5. The highest BCUT2D eigenvalue weighted by Gasteiger charge is 2.25. The van der Waals surface area contributed by atoms with E-state index in [4.69, 9.17) is 4.74 Å². The second kappa shape index (κ2) is 5.85. The number of hydrogen-bond acceptors (Lipinski definition) is 5. The maximum absolute atomic E-state index is 12.0. The molecule has 0 aliphatic heterocycles. The predicted octanol–water partition coefficient (Wildman–Crippen LogP) is 3.37. The van der Waals surface area contributed by atoms with E-state index in [1.165, 1.54) is 19.2 Å². The summed E-state index contributed by atoms with van der Waals surface area (Å²) in [5.41, 5.74) is 1.57. The Balaban J connectivity index is 2.87. The third-order valence-corrected chi connectivity index (χ3v) is 3.59. The lowest BCUT2D eigenvalue weighted by molar-refractivity contribution is -0.384. The van der Waals surface area contributed by atoms with Crippen LogP contribution in [0.4, 0.5) is 5.69 Å². The highest BCUT2D eigenvalue weighted by molar-refractivity contribution is 6.02. The van der Waals surface area contributed by atoms with Gasteiger partial charge in [-0.05, 0) is 37.1 Å². The molecular weight excluding hydrogens is 286 g/mol. The number of para-hydroxylation sites is 1. The maximum atomic E-state index is 12.0.